The molecule has 0 spiro atoms. The summed E-state index contributed by atoms with van der Waals surface area (Å²) in [6.45, 7) is 6.72. The Labute approximate surface area is 456 Å². The predicted molar refractivity (Wildman–Crippen MR) is 317 cm³/mol. The number of carbonyl (C=O) groups excluding carboxylic acids is 3. The van der Waals surface area contributed by atoms with Gasteiger partial charge in [-0.25, -0.2) is 0 Å². The summed E-state index contributed by atoms with van der Waals surface area (Å²) in [5.74, 6) is -0.835. The van der Waals surface area contributed by atoms with Crippen molar-refractivity contribution in [2.24, 2.45) is 0 Å². The molecule has 0 aliphatic rings. The van der Waals surface area contributed by atoms with Gasteiger partial charge in [0.1, 0.15) is 13.2 Å². The van der Waals surface area contributed by atoms with E-state index in [0.29, 0.717) is 19.3 Å². The molecule has 0 N–H and O–H groups in total. The highest BCUT2D eigenvalue weighted by Crippen LogP contribution is 2.18. The lowest BCUT2D eigenvalue weighted by Gasteiger charge is -2.18. The van der Waals surface area contributed by atoms with Gasteiger partial charge in [-0.1, -0.05) is 328 Å². The van der Waals surface area contributed by atoms with Gasteiger partial charge < -0.3 is 14.2 Å². The Kier molecular flexibility index (Phi) is 61.1. The van der Waals surface area contributed by atoms with Gasteiger partial charge in [0.05, 0.1) is 0 Å². The zero-order valence-corrected chi connectivity index (χ0v) is 49.7. The minimum atomic E-state index is -0.767. The van der Waals surface area contributed by atoms with Crippen LogP contribution in [0.4, 0.5) is 0 Å². The average Bonchev–Trinajstić information content (AvgIpc) is 3.39. The number of rotatable bonds is 62. The Morgan fingerprint density at radius 3 is 0.685 bits per heavy atom. The summed E-state index contributed by atoms with van der Waals surface area (Å²) in [4.78, 5) is 38.4. The molecule has 73 heavy (non-hydrogen) atoms. The van der Waals surface area contributed by atoms with E-state index >= 15 is 0 Å². The number of unbranched alkanes of at least 4 members (excludes halogenated alkanes) is 49. The maximum absolute atomic E-state index is 12.9. The van der Waals surface area contributed by atoms with E-state index in [0.717, 1.165) is 57.8 Å². The molecule has 0 radical (unpaired) electrons. The van der Waals surface area contributed by atoms with Crippen LogP contribution in [0.15, 0.2) is 12.2 Å². The molecule has 0 amide bonds. The van der Waals surface area contributed by atoms with Gasteiger partial charge in [-0.3, -0.25) is 14.4 Å². The number of allylic oxidation sites excluding steroid dienone is 2. The maximum atomic E-state index is 12.9. The van der Waals surface area contributed by atoms with Gasteiger partial charge in [-0.05, 0) is 44.9 Å². The molecule has 1 atom stereocenters. The van der Waals surface area contributed by atoms with Gasteiger partial charge >= 0.3 is 17.9 Å². The van der Waals surface area contributed by atoms with Crippen LogP contribution in [0.5, 0.6) is 0 Å². The van der Waals surface area contributed by atoms with Crippen LogP contribution in [-0.2, 0) is 28.6 Å². The molecule has 0 saturated carbocycles. The van der Waals surface area contributed by atoms with Crippen LogP contribution in [0.2, 0.25) is 0 Å². The second-order valence-corrected chi connectivity index (χ2v) is 22.7. The minimum Gasteiger partial charge on any atom is -0.462 e. The fourth-order valence-electron chi connectivity index (χ4n) is 10.3. The first kappa shape index (κ1) is 71.2. The molecule has 0 fully saturated rings. The van der Waals surface area contributed by atoms with Crippen LogP contribution in [0, 0.1) is 0 Å². The van der Waals surface area contributed by atoms with Gasteiger partial charge in [0.2, 0.25) is 0 Å². The van der Waals surface area contributed by atoms with Gasteiger partial charge in [0, 0.05) is 19.3 Å². The second-order valence-electron chi connectivity index (χ2n) is 22.7. The van der Waals surface area contributed by atoms with Crippen molar-refractivity contribution >= 4 is 17.9 Å². The SMILES string of the molecule is CCCCCCCC/C=C\CCCCCCCCCC(=O)OCC(COC(=O)CCCCCCCCCCCCCCCCCCCCC)OC(=O)CCCCCCCCCCCCCCCCCCCCC. The normalized spacial score (nSPS) is 12.0. The van der Waals surface area contributed by atoms with Gasteiger partial charge in [-0.2, -0.15) is 0 Å². The molecular formula is C67H128O6. The topological polar surface area (TPSA) is 78.9 Å². The van der Waals surface area contributed by atoms with Gasteiger partial charge in [-0.15, -0.1) is 0 Å². The number of hydrogen-bond donors (Lipinski definition) is 0. The molecule has 432 valence electrons. The number of hydrogen-bond acceptors (Lipinski definition) is 6. The summed E-state index contributed by atoms with van der Waals surface area (Å²) in [5.41, 5.74) is 0. The Bertz CT molecular complexity index is 1130. The van der Waals surface area contributed by atoms with Crippen LogP contribution in [-0.4, -0.2) is 37.2 Å². The van der Waals surface area contributed by atoms with Crippen molar-refractivity contribution in [3.63, 3.8) is 0 Å². The Morgan fingerprint density at radius 2 is 0.452 bits per heavy atom. The molecule has 0 heterocycles. The molecule has 0 saturated heterocycles. The fourth-order valence-corrected chi connectivity index (χ4v) is 10.3. The van der Waals surface area contributed by atoms with E-state index in [1.165, 1.54) is 283 Å². The standard InChI is InChI=1S/C67H128O6/c1-4-7-10-13-16-19-22-25-28-31-33-36-39-42-45-48-51-54-57-60-66(69)72-63-64(62-71-65(68)59-56-53-50-47-44-41-38-35-30-27-24-21-18-15-12-9-6-3)73-67(70)61-58-55-52-49-46-43-40-37-34-32-29-26-23-20-17-14-11-8-5-2/h27,30,64H,4-26,28-29,31-63H2,1-3H3/b30-27-. The number of ether oxygens (including phenoxy) is 3. The van der Waals surface area contributed by atoms with Crippen LogP contribution in [0.25, 0.3) is 0 Å². The van der Waals surface area contributed by atoms with Crippen LogP contribution in [0.1, 0.15) is 380 Å². The quantitative estimate of drug-likeness (QED) is 0.0261. The van der Waals surface area contributed by atoms with E-state index in [1.54, 1.807) is 0 Å². The van der Waals surface area contributed by atoms with Crippen molar-refractivity contribution in [3.8, 4) is 0 Å². The summed E-state index contributed by atoms with van der Waals surface area (Å²) < 4.78 is 17.0. The molecule has 0 aromatic heterocycles. The number of carbonyl (C=O) groups is 3. The van der Waals surface area contributed by atoms with E-state index in [-0.39, 0.29) is 31.1 Å². The van der Waals surface area contributed by atoms with Gasteiger partial charge in [0.25, 0.3) is 0 Å². The van der Waals surface area contributed by atoms with Crippen LogP contribution in [0.3, 0.4) is 0 Å². The first-order valence-electron chi connectivity index (χ1n) is 33.2. The van der Waals surface area contributed by atoms with E-state index in [2.05, 4.69) is 32.9 Å². The lowest BCUT2D eigenvalue weighted by Crippen LogP contribution is -2.30. The first-order chi connectivity index (χ1) is 36.0. The van der Waals surface area contributed by atoms with E-state index in [1.807, 2.05) is 0 Å². The van der Waals surface area contributed by atoms with Crippen molar-refractivity contribution in [1.82, 2.24) is 0 Å². The Hall–Kier alpha value is -1.85. The molecule has 0 aromatic carbocycles. The van der Waals surface area contributed by atoms with Crippen molar-refractivity contribution in [1.29, 1.82) is 0 Å². The molecule has 0 aliphatic heterocycles. The lowest BCUT2D eigenvalue weighted by molar-refractivity contribution is -0.167. The van der Waals surface area contributed by atoms with E-state index < -0.39 is 6.10 Å². The molecule has 6 nitrogen and oxygen atoms in total. The van der Waals surface area contributed by atoms with Crippen LogP contribution < -0.4 is 0 Å². The molecule has 6 heteroatoms. The first-order valence-corrected chi connectivity index (χ1v) is 33.2. The summed E-state index contributed by atoms with van der Waals surface area (Å²) in [6, 6.07) is 0. The van der Waals surface area contributed by atoms with Gasteiger partial charge in [0.15, 0.2) is 6.10 Å². The largest absolute Gasteiger partial charge is 0.462 e. The van der Waals surface area contributed by atoms with E-state index in [9.17, 15) is 14.4 Å². The lowest BCUT2D eigenvalue weighted by atomic mass is 10.0. The number of esters is 3. The smallest absolute Gasteiger partial charge is 0.306 e. The second kappa shape index (κ2) is 62.7. The summed E-state index contributed by atoms with van der Waals surface area (Å²) in [6.07, 6.45) is 73.6. The average molecular weight is 1030 g/mol. The summed E-state index contributed by atoms with van der Waals surface area (Å²) >= 11 is 0. The summed E-state index contributed by atoms with van der Waals surface area (Å²) in [5, 5.41) is 0. The van der Waals surface area contributed by atoms with Crippen LogP contribution >= 0.6 is 0 Å². The predicted octanol–water partition coefficient (Wildman–Crippen LogP) is 22.4. The Morgan fingerprint density at radius 1 is 0.260 bits per heavy atom. The van der Waals surface area contributed by atoms with Crippen molar-refractivity contribution in [2.75, 3.05) is 13.2 Å². The third-order valence-electron chi connectivity index (χ3n) is 15.3. The highest BCUT2D eigenvalue weighted by atomic mass is 16.6. The third kappa shape index (κ3) is 60.9. The zero-order valence-electron chi connectivity index (χ0n) is 49.7. The molecule has 0 bridgehead atoms. The molecular weight excluding hydrogens is 901 g/mol. The molecule has 0 aromatic rings. The third-order valence-corrected chi connectivity index (χ3v) is 15.3. The zero-order chi connectivity index (χ0) is 52.9. The van der Waals surface area contributed by atoms with Crippen molar-refractivity contribution in [2.45, 2.75) is 386 Å². The van der Waals surface area contributed by atoms with Crippen molar-refractivity contribution in [3.05, 3.63) is 12.2 Å². The monoisotopic (exact) mass is 1030 g/mol. The van der Waals surface area contributed by atoms with Crippen molar-refractivity contribution < 1.29 is 28.6 Å². The highest BCUT2D eigenvalue weighted by molar-refractivity contribution is 5.71. The highest BCUT2D eigenvalue weighted by Gasteiger charge is 2.19. The molecule has 0 rings (SSSR count). The van der Waals surface area contributed by atoms with E-state index in [4.69, 9.17) is 14.2 Å². The summed E-state index contributed by atoms with van der Waals surface area (Å²) in [7, 11) is 0. The molecule has 1 unspecified atom stereocenters. The molecule has 0 aliphatic carbocycles. The maximum Gasteiger partial charge on any atom is 0.306 e. The Balaban J connectivity index is 4.30. The fraction of sp³-hybridized carbons (Fsp3) is 0.925. The minimum absolute atomic E-state index is 0.0644.